The summed E-state index contributed by atoms with van der Waals surface area (Å²) in [6.07, 6.45) is 11.3. The second kappa shape index (κ2) is 17.6. The molecular formula is C12H28N2O3. The molecule has 0 spiro atoms. The summed E-state index contributed by atoms with van der Waals surface area (Å²) in [7, 11) is 0. The van der Waals surface area contributed by atoms with Crippen LogP contribution in [0.4, 0.5) is 0 Å². The molecule has 0 aliphatic heterocycles. The third-order valence-electron chi connectivity index (χ3n) is 2.52. The Bertz CT molecular complexity index is 141. The highest BCUT2D eigenvalue weighted by atomic mass is 16.9. The Morgan fingerprint density at radius 3 is 1.47 bits per heavy atom. The van der Waals surface area contributed by atoms with Gasteiger partial charge < -0.3 is 20.6 Å². The molecule has 0 fully saturated rings. The Labute approximate surface area is 105 Å². The summed E-state index contributed by atoms with van der Waals surface area (Å²) in [5, 5.41) is 17.2. The van der Waals surface area contributed by atoms with Gasteiger partial charge in [-0.05, 0) is 25.7 Å². The molecule has 17 heavy (non-hydrogen) atoms. The molecule has 0 rings (SSSR count). The van der Waals surface area contributed by atoms with Crippen molar-refractivity contribution in [2.45, 2.75) is 65.2 Å². The molecule has 104 valence electrons. The monoisotopic (exact) mass is 248 g/mol. The SMILES string of the molecule is CCCCCC[NH2+]CCCCCC.O=[N+]([O-])[O-]. The molecule has 0 bridgehead atoms. The fourth-order valence-corrected chi connectivity index (χ4v) is 1.58. The van der Waals surface area contributed by atoms with E-state index in [0.717, 1.165) is 0 Å². The van der Waals surface area contributed by atoms with Crippen LogP contribution in [-0.2, 0) is 0 Å². The molecule has 5 heteroatoms. The van der Waals surface area contributed by atoms with Crippen LogP contribution in [-0.4, -0.2) is 18.2 Å². The first kappa shape index (κ1) is 18.5. The molecule has 0 saturated carbocycles. The minimum absolute atomic E-state index is 1.35. The molecule has 0 amide bonds. The van der Waals surface area contributed by atoms with Gasteiger partial charge in [0, 0.05) is 0 Å². The third kappa shape index (κ3) is 31.3. The average Bonchev–Trinajstić information content (AvgIpc) is 2.26. The average molecular weight is 248 g/mol. The number of quaternary nitrogens is 1. The zero-order valence-corrected chi connectivity index (χ0v) is 11.3. The van der Waals surface area contributed by atoms with Gasteiger partial charge in [0.05, 0.1) is 18.2 Å². The van der Waals surface area contributed by atoms with Gasteiger partial charge in [0.2, 0.25) is 0 Å². The Hall–Kier alpha value is -0.840. The Morgan fingerprint density at radius 2 is 1.18 bits per heavy atom. The van der Waals surface area contributed by atoms with E-state index in [2.05, 4.69) is 19.2 Å². The molecule has 5 nitrogen and oxygen atoms in total. The van der Waals surface area contributed by atoms with Crippen LogP contribution < -0.4 is 5.32 Å². The van der Waals surface area contributed by atoms with E-state index in [4.69, 9.17) is 15.3 Å². The quantitative estimate of drug-likeness (QED) is 0.366. The van der Waals surface area contributed by atoms with Gasteiger partial charge in [0.25, 0.3) is 0 Å². The summed E-state index contributed by atoms with van der Waals surface area (Å²) < 4.78 is 0. The van der Waals surface area contributed by atoms with Crippen molar-refractivity contribution < 1.29 is 10.4 Å². The fraction of sp³-hybridized carbons (Fsp3) is 1.00. The van der Waals surface area contributed by atoms with E-state index >= 15 is 0 Å². The number of rotatable bonds is 10. The largest absolute Gasteiger partial charge is 0.356 e. The maximum Gasteiger partial charge on any atom is 0.0755 e. The minimum atomic E-state index is -1.75. The van der Waals surface area contributed by atoms with Crippen molar-refractivity contribution in [1.29, 1.82) is 0 Å². The van der Waals surface area contributed by atoms with Gasteiger partial charge in [-0.15, -0.1) is 0 Å². The minimum Gasteiger partial charge on any atom is -0.356 e. The highest BCUT2D eigenvalue weighted by Gasteiger charge is 1.92. The van der Waals surface area contributed by atoms with Gasteiger partial charge in [-0.25, -0.2) is 0 Å². The van der Waals surface area contributed by atoms with Crippen LogP contribution in [0.25, 0.3) is 0 Å². The van der Waals surface area contributed by atoms with Gasteiger partial charge >= 0.3 is 0 Å². The predicted molar refractivity (Wildman–Crippen MR) is 70.3 cm³/mol. The number of unbranched alkanes of at least 4 members (excludes halogenated alkanes) is 6. The van der Waals surface area contributed by atoms with Crippen molar-refractivity contribution in [3.63, 3.8) is 0 Å². The van der Waals surface area contributed by atoms with Crippen molar-refractivity contribution in [3.05, 3.63) is 15.3 Å². The molecule has 0 unspecified atom stereocenters. The summed E-state index contributed by atoms with van der Waals surface area (Å²) in [6.45, 7) is 7.25. The number of hydrogen-bond donors (Lipinski definition) is 1. The first-order valence-electron chi connectivity index (χ1n) is 6.78. The van der Waals surface area contributed by atoms with Crippen LogP contribution >= 0.6 is 0 Å². The number of nitrogens with two attached hydrogens (primary N) is 1. The van der Waals surface area contributed by atoms with Crippen molar-refractivity contribution in [2.75, 3.05) is 13.1 Å². The molecular weight excluding hydrogens is 220 g/mol. The van der Waals surface area contributed by atoms with Crippen LogP contribution in [0.1, 0.15) is 65.2 Å². The van der Waals surface area contributed by atoms with Crippen LogP contribution in [0.5, 0.6) is 0 Å². The zero-order chi connectivity index (χ0) is 13.4. The Kier molecular flexibility index (Phi) is 19.1. The molecule has 0 aromatic rings. The van der Waals surface area contributed by atoms with E-state index < -0.39 is 5.09 Å². The molecule has 0 saturated heterocycles. The van der Waals surface area contributed by atoms with Crippen molar-refractivity contribution in [2.24, 2.45) is 0 Å². The van der Waals surface area contributed by atoms with Crippen molar-refractivity contribution in [3.8, 4) is 0 Å². The van der Waals surface area contributed by atoms with Gasteiger partial charge in [-0.2, -0.15) is 0 Å². The molecule has 0 heterocycles. The third-order valence-corrected chi connectivity index (χ3v) is 2.52. The molecule has 0 aromatic carbocycles. The fourth-order valence-electron chi connectivity index (χ4n) is 1.58. The summed E-state index contributed by atoms with van der Waals surface area (Å²) in [4.78, 5) is 8.25. The van der Waals surface area contributed by atoms with Crippen LogP contribution in [0, 0.1) is 15.3 Å². The lowest BCUT2D eigenvalue weighted by molar-refractivity contribution is -0.655. The highest BCUT2D eigenvalue weighted by Crippen LogP contribution is 1.96. The van der Waals surface area contributed by atoms with E-state index in [1.54, 1.807) is 0 Å². The molecule has 0 aromatic heterocycles. The number of nitrogens with zero attached hydrogens (tertiary/aromatic N) is 1. The van der Waals surface area contributed by atoms with E-state index in [1.165, 1.54) is 64.5 Å². The molecule has 0 aliphatic rings. The summed E-state index contributed by atoms with van der Waals surface area (Å²) in [5.41, 5.74) is 0. The second-order valence-corrected chi connectivity index (χ2v) is 4.21. The van der Waals surface area contributed by atoms with Crippen molar-refractivity contribution >= 4 is 0 Å². The number of hydrogen-bond acceptors (Lipinski definition) is 3. The van der Waals surface area contributed by atoms with Crippen LogP contribution in [0.2, 0.25) is 0 Å². The lowest BCUT2D eigenvalue weighted by Gasteiger charge is -2.00. The standard InChI is InChI=1S/C12H27N.NO3/c1-3-5-7-9-11-13-12-10-8-6-4-2;2-1(3)4/h13H,3-12H2,1-2H3;/q;-1/p+1. The summed E-state index contributed by atoms with van der Waals surface area (Å²) >= 11 is 0. The van der Waals surface area contributed by atoms with Gasteiger partial charge in [-0.1, -0.05) is 39.5 Å². The Balaban J connectivity index is 0. The highest BCUT2D eigenvalue weighted by molar-refractivity contribution is 4.39. The van der Waals surface area contributed by atoms with Crippen LogP contribution in [0.15, 0.2) is 0 Å². The van der Waals surface area contributed by atoms with E-state index in [1.807, 2.05) is 0 Å². The first-order valence-corrected chi connectivity index (χ1v) is 6.78. The van der Waals surface area contributed by atoms with E-state index in [-0.39, 0.29) is 0 Å². The zero-order valence-electron chi connectivity index (χ0n) is 11.3. The molecule has 2 N–H and O–H groups in total. The van der Waals surface area contributed by atoms with E-state index in [9.17, 15) is 0 Å². The lowest BCUT2D eigenvalue weighted by Crippen LogP contribution is -2.84. The van der Waals surface area contributed by atoms with Gasteiger partial charge in [-0.3, -0.25) is 0 Å². The first-order chi connectivity index (χ1) is 8.15. The molecule has 0 aliphatic carbocycles. The smallest absolute Gasteiger partial charge is 0.0755 e. The van der Waals surface area contributed by atoms with Gasteiger partial charge in [0.15, 0.2) is 0 Å². The maximum atomic E-state index is 8.25. The summed E-state index contributed by atoms with van der Waals surface area (Å²) in [5.74, 6) is 0. The lowest BCUT2D eigenvalue weighted by atomic mass is 10.2. The van der Waals surface area contributed by atoms with Gasteiger partial charge in [0.1, 0.15) is 0 Å². The second-order valence-electron chi connectivity index (χ2n) is 4.21. The molecule has 0 atom stereocenters. The van der Waals surface area contributed by atoms with E-state index in [0.29, 0.717) is 0 Å². The molecule has 0 radical (unpaired) electrons. The predicted octanol–water partition coefficient (Wildman–Crippen LogP) is 2.47. The topological polar surface area (TPSA) is 82.8 Å². The van der Waals surface area contributed by atoms with Crippen LogP contribution in [0.3, 0.4) is 0 Å². The maximum absolute atomic E-state index is 8.25. The van der Waals surface area contributed by atoms with Crippen molar-refractivity contribution in [1.82, 2.24) is 0 Å². The Morgan fingerprint density at radius 1 is 0.824 bits per heavy atom. The summed E-state index contributed by atoms with van der Waals surface area (Å²) in [6, 6.07) is 0. The normalized spacial score (nSPS) is 9.53.